The smallest absolute Gasteiger partial charge is 0.251 e. The third-order valence-electron chi connectivity index (χ3n) is 4.33. The van der Waals surface area contributed by atoms with Crippen LogP contribution in [0.5, 0.6) is 0 Å². The van der Waals surface area contributed by atoms with Crippen LogP contribution in [0.1, 0.15) is 52.4 Å². The first-order valence-corrected chi connectivity index (χ1v) is 7.26. The van der Waals surface area contributed by atoms with Crippen LogP contribution in [0.2, 0.25) is 0 Å². The molecular weight excluding hydrogens is 316 g/mol. The van der Waals surface area contributed by atoms with Crippen LogP contribution < -0.4 is 0 Å². The van der Waals surface area contributed by atoms with Crippen LogP contribution in [0.15, 0.2) is 27.3 Å². The monoisotopic (exact) mass is 334 g/mol. The van der Waals surface area contributed by atoms with E-state index in [0.717, 1.165) is 0 Å². The minimum Gasteiger partial charge on any atom is -0.437 e. The molecule has 0 fully saturated rings. The van der Waals surface area contributed by atoms with Gasteiger partial charge in [0.1, 0.15) is 0 Å². The van der Waals surface area contributed by atoms with E-state index < -0.39 is 16.6 Å². The maximum atomic E-state index is 12.4. The number of carbonyl (C=O) groups excluding carboxylic acids is 2. The zero-order valence-electron chi connectivity index (χ0n) is 14.0. The molecule has 0 aromatic carbocycles. The number of carbonyl (C=O) groups is 2. The highest BCUT2D eigenvalue weighted by atomic mass is 16.6. The van der Waals surface area contributed by atoms with Gasteiger partial charge in [0, 0.05) is 35.5 Å². The topological polar surface area (TPSA) is 124 Å². The number of nitro groups is 1. The van der Waals surface area contributed by atoms with Crippen molar-refractivity contribution in [2.75, 3.05) is 0 Å². The summed E-state index contributed by atoms with van der Waals surface area (Å²) in [7, 11) is 0. The molecule has 128 valence electrons. The summed E-state index contributed by atoms with van der Waals surface area (Å²) in [4.78, 5) is 38.9. The van der Waals surface area contributed by atoms with Crippen LogP contribution in [0, 0.1) is 10.1 Å². The van der Waals surface area contributed by atoms with Gasteiger partial charge in [-0.05, 0) is 20.8 Å². The molecule has 1 aromatic heterocycles. The third-order valence-corrected chi connectivity index (χ3v) is 4.33. The summed E-state index contributed by atoms with van der Waals surface area (Å²) in [6.45, 7) is 7.09. The molecule has 1 heterocycles. The van der Waals surface area contributed by atoms with E-state index in [2.05, 4.69) is 4.98 Å². The van der Waals surface area contributed by atoms with E-state index in [0.29, 0.717) is 11.1 Å². The Bertz CT molecular complexity index is 812. The van der Waals surface area contributed by atoms with Gasteiger partial charge >= 0.3 is 0 Å². The van der Waals surface area contributed by atoms with Gasteiger partial charge in [0.25, 0.3) is 5.54 Å². The zero-order valence-corrected chi connectivity index (χ0v) is 14.0. The summed E-state index contributed by atoms with van der Waals surface area (Å²) in [6, 6.07) is 0. The average molecular weight is 334 g/mol. The van der Waals surface area contributed by atoms with Gasteiger partial charge in [-0.15, -0.1) is 0 Å². The van der Waals surface area contributed by atoms with Gasteiger partial charge in [-0.3, -0.25) is 19.7 Å². The molecule has 0 aliphatic heterocycles. The van der Waals surface area contributed by atoms with E-state index in [1.165, 1.54) is 27.0 Å². The van der Waals surface area contributed by atoms with E-state index in [1.807, 2.05) is 0 Å². The molecule has 0 amide bonds. The summed E-state index contributed by atoms with van der Waals surface area (Å²) < 4.78 is 5.38. The Morgan fingerprint density at radius 1 is 1.17 bits per heavy atom. The van der Waals surface area contributed by atoms with Crippen LogP contribution in [0.4, 0.5) is 0 Å². The van der Waals surface area contributed by atoms with E-state index in [-0.39, 0.29) is 34.4 Å². The molecule has 2 rings (SSSR count). The SMILES string of the molecule is CC1=C(C)C(=O)C(c2cnc(C(O)C(C)(C)[N+](=O)[O-])o2)=C(C)C1=O. The summed E-state index contributed by atoms with van der Waals surface area (Å²) >= 11 is 0. The van der Waals surface area contributed by atoms with Crippen LogP contribution in [0.25, 0.3) is 5.57 Å². The second-order valence-electron chi connectivity index (χ2n) is 6.28. The fourth-order valence-corrected chi connectivity index (χ4v) is 2.32. The second kappa shape index (κ2) is 5.79. The largest absolute Gasteiger partial charge is 0.437 e. The van der Waals surface area contributed by atoms with Crippen LogP contribution >= 0.6 is 0 Å². The lowest BCUT2D eigenvalue weighted by atomic mass is 9.85. The van der Waals surface area contributed by atoms with Gasteiger partial charge in [-0.25, -0.2) is 4.98 Å². The van der Waals surface area contributed by atoms with Gasteiger partial charge in [-0.1, -0.05) is 0 Å². The first-order chi connectivity index (χ1) is 11.0. The van der Waals surface area contributed by atoms with E-state index >= 15 is 0 Å². The Kier molecular flexibility index (Phi) is 4.28. The Morgan fingerprint density at radius 3 is 2.25 bits per heavy atom. The number of nitrogens with zero attached hydrogens (tertiary/aromatic N) is 2. The van der Waals surface area contributed by atoms with Crippen molar-refractivity contribution in [1.29, 1.82) is 0 Å². The number of hydrogen-bond donors (Lipinski definition) is 1. The van der Waals surface area contributed by atoms with Gasteiger partial charge in [0.15, 0.2) is 23.4 Å². The maximum Gasteiger partial charge on any atom is 0.251 e. The number of Topliss-reactive ketones (excluding diaryl/α,β-unsaturated/α-hetero) is 2. The number of allylic oxidation sites excluding steroid dienone is 4. The van der Waals surface area contributed by atoms with Crippen molar-refractivity contribution in [3.8, 4) is 0 Å². The normalized spacial score (nSPS) is 17.6. The number of aromatic nitrogens is 1. The lowest BCUT2D eigenvalue weighted by Crippen LogP contribution is -2.38. The van der Waals surface area contributed by atoms with Crippen molar-refractivity contribution >= 4 is 17.1 Å². The van der Waals surface area contributed by atoms with Gasteiger partial charge < -0.3 is 9.52 Å². The summed E-state index contributed by atoms with van der Waals surface area (Å²) in [6.07, 6.45) is -0.415. The molecule has 0 bridgehead atoms. The molecule has 1 aromatic rings. The highest BCUT2D eigenvalue weighted by molar-refractivity contribution is 6.38. The molecule has 1 unspecified atom stereocenters. The predicted octanol–water partition coefficient (Wildman–Crippen LogP) is 2.02. The first kappa shape index (κ1) is 17.7. The van der Waals surface area contributed by atoms with Gasteiger partial charge in [0.05, 0.1) is 11.8 Å². The van der Waals surface area contributed by atoms with Crippen molar-refractivity contribution in [1.82, 2.24) is 4.98 Å². The quantitative estimate of drug-likeness (QED) is 0.507. The molecule has 8 nitrogen and oxygen atoms in total. The van der Waals surface area contributed by atoms with Crippen LogP contribution in [-0.2, 0) is 9.59 Å². The summed E-state index contributed by atoms with van der Waals surface area (Å²) in [5.41, 5.74) is -0.758. The van der Waals surface area contributed by atoms with Crippen molar-refractivity contribution < 1.29 is 24.0 Å². The second-order valence-corrected chi connectivity index (χ2v) is 6.28. The number of aliphatic hydroxyl groups is 1. The van der Waals surface area contributed by atoms with E-state index in [1.54, 1.807) is 13.8 Å². The lowest BCUT2D eigenvalue weighted by molar-refractivity contribution is -0.575. The lowest BCUT2D eigenvalue weighted by Gasteiger charge is -2.19. The minimum atomic E-state index is -1.72. The van der Waals surface area contributed by atoms with Crippen molar-refractivity contribution in [2.45, 2.75) is 46.3 Å². The highest BCUT2D eigenvalue weighted by Gasteiger charge is 2.44. The summed E-state index contributed by atoms with van der Waals surface area (Å²) in [5, 5.41) is 21.2. The molecule has 0 saturated carbocycles. The molecule has 0 radical (unpaired) electrons. The molecule has 24 heavy (non-hydrogen) atoms. The Hall–Kier alpha value is -2.61. The molecule has 8 heteroatoms. The summed E-state index contributed by atoms with van der Waals surface area (Å²) in [5.74, 6) is -0.913. The molecule has 1 atom stereocenters. The zero-order chi connectivity index (χ0) is 18.4. The number of ketones is 2. The number of rotatable bonds is 4. The third kappa shape index (κ3) is 2.58. The Morgan fingerprint density at radius 2 is 1.71 bits per heavy atom. The number of hydrogen-bond acceptors (Lipinski definition) is 7. The van der Waals surface area contributed by atoms with Crippen LogP contribution in [0.3, 0.4) is 0 Å². The van der Waals surface area contributed by atoms with Crippen molar-refractivity contribution in [3.05, 3.63) is 44.7 Å². The number of oxazole rings is 1. The average Bonchev–Trinajstić information content (AvgIpc) is 2.99. The molecule has 0 saturated heterocycles. The molecule has 1 aliphatic rings. The Labute approximate surface area is 138 Å². The van der Waals surface area contributed by atoms with Crippen molar-refractivity contribution in [2.24, 2.45) is 0 Å². The van der Waals surface area contributed by atoms with Gasteiger partial charge in [0.2, 0.25) is 5.89 Å². The van der Waals surface area contributed by atoms with Crippen LogP contribution in [-0.4, -0.2) is 32.1 Å². The fourth-order valence-electron chi connectivity index (χ4n) is 2.32. The highest BCUT2D eigenvalue weighted by Crippen LogP contribution is 2.34. The molecular formula is C16H18N2O6. The fraction of sp³-hybridized carbons (Fsp3) is 0.438. The first-order valence-electron chi connectivity index (χ1n) is 7.26. The Balaban J connectivity index is 2.47. The maximum absolute atomic E-state index is 12.4. The van der Waals surface area contributed by atoms with E-state index in [9.17, 15) is 24.8 Å². The van der Waals surface area contributed by atoms with Crippen molar-refractivity contribution in [3.63, 3.8) is 0 Å². The molecule has 1 N–H and O–H groups in total. The standard InChI is InChI=1S/C16H18N2O6/c1-7-8(2)13(20)11(9(3)12(7)19)10-6-17-15(24-10)14(21)16(4,5)18(22)23/h6,14,21H,1-5H3. The molecule has 0 spiro atoms. The predicted molar refractivity (Wildman–Crippen MR) is 83.5 cm³/mol. The number of aliphatic hydroxyl groups excluding tert-OH is 1. The van der Waals surface area contributed by atoms with E-state index in [4.69, 9.17) is 4.42 Å². The van der Waals surface area contributed by atoms with Gasteiger partial charge in [-0.2, -0.15) is 0 Å². The molecule has 1 aliphatic carbocycles. The minimum absolute atomic E-state index is 0.00546.